The summed E-state index contributed by atoms with van der Waals surface area (Å²) in [6, 6.07) is 23.1. The number of carbonyl (C=O) groups is 1. The number of hydrogen-bond acceptors (Lipinski definition) is 6. The number of thiophene rings is 2. The lowest BCUT2D eigenvalue weighted by Crippen LogP contribution is -2.17. The van der Waals surface area contributed by atoms with Gasteiger partial charge in [0.25, 0.3) is 0 Å². The third-order valence-electron chi connectivity index (χ3n) is 6.42. The van der Waals surface area contributed by atoms with Gasteiger partial charge in [-0.1, -0.05) is 36.7 Å². The molecule has 3 heterocycles. The zero-order chi connectivity index (χ0) is 26.8. The van der Waals surface area contributed by atoms with Gasteiger partial charge in [0.1, 0.15) is 28.0 Å². The van der Waals surface area contributed by atoms with Crippen molar-refractivity contribution in [2.24, 2.45) is 5.92 Å². The van der Waals surface area contributed by atoms with E-state index < -0.39 is 11.4 Å². The van der Waals surface area contributed by atoms with Crippen LogP contribution < -0.4 is 0 Å². The third-order valence-corrected chi connectivity index (χ3v) is 9.99. The molecule has 0 spiro atoms. The van der Waals surface area contributed by atoms with E-state index in [4.69, 9.17) is 16.3 Å². The van der Waals surface area contributed by atoms with Gasteiger partial charge in [0.15, 0.2) is 4.90 Å². The van der Waals surface area contributed by atoms with E-state index in [1.165, 1.54) is 18.4 Å². The third kappa shape index (κ3) is 4.89. The van der Waals surface area contributed by atoms with Gasteiger partial charge in [-0.15, -0.1) is 22.7 Å². The zero-order valence-electron chi connectivity index (χ0n) is 20.6. The Morgan fingerprint density at radius 3 is 2.63 bits per heavy atom. The van der Waals surface area contributed by atoms with Gasteiger partial charge in [-0.25, -0.2) is 0 Å². The topological polar surface area (TPSA) is 78.1 Å². The Morgan fingerprint density at radius 2 is 1.92 bits per heavy atom. The Bertz CT molecular complexity index is 1650. The van der Waals surface area contributed by atoms with E-state index in [2.05, 4.69) is 6.07 Å². The van der Waals surface area contributed by atoms with Gasteiger partial charge in [-0.05, 0) is 66.8 Å². The normalized spacial score (nSPS) is 12.8. The number of ether oxygens (including phenoxy) is 1. The SMILES string of the molecule is CCC(Cc1ccc(-c2c(-c3ccsc3C#N)c3ccccc3n2[S+]([O-])c2ccc(Cl)cc2)s1)C(=O)OC. The van der Waals surface area contributed by atoms with Crippen molar-refractivity contribution in [2.45, 2.75) is 24.7 Å². The van der Waals surface area contributed by atoms with Gasteiger partial charge in [0, 0.05) is 26.4 Å². The van der Waals surface area contributed by atoms with Gasteiger partial charge < -0.3 is 9.29 Å². The number of carbonyl (C=O) groups excluding carboxylic acids is 1. The van der Waals surface area contributed by atoms with Gasteiger partial charge in [-0.2, -0.15) is 9.23 Å². The van der Waals surface area contributed by atoms with Crippen molar-refractivity contribution in [3.63, 3.8) is 0 Å². The van der Waals surface area contributed by atoms with Crippen molar-refractivity contribution < 1.29 is 14.1 Å². The number of para-hydroxylation sites is 1. The predicted octanol–water partition coefficient (Wildman–Crippen LogP) is 7.94. The molecule has 192 valence electrons. The number of rotatable bonds is 8. The first kappa shape index (κ1) is 26.5. The molecule has 2 unspecified atom stereocenters. The average Bonchev–Trinajstić information content (AvgIpc) is 3.67. The summed E-state index contributed by atoms with van der Waals surface area (Å²) in [5.74, 6) is -0.458. The Labute approximate surface area is 237 Å². The minimum absolute atomic E-state index is 0.224. The molecule has 0 fully saturated rings. The lowest BCUT2D eigenvalue weighted by Gasteiger charge is -2.15. The van der Waals surface area contributed by atoms with Crippen LogP contribution in [-0.4, -0.2) is 21.6 Å². The van der Waals surface area contributed by atoms with Crippen LogP contribution in [0.3, 0.4) is 0 Å². The molecule has 38 heavy (non-hydrogen) atoms. The maximum absolute atomic E-state index is 14.2. The fraction of sp³-hybridized carbons (Fsp3) is 0.172. The minimum Gasteiger partial charge on any atom is -0.587 e. The molecule has 0 N–H and O–H groups in total. The van der Waals surface area contributed by atoms with Crippen LogP contribution >= 0.6 is 34.3 Å². The number of nitrogens with zero attached hydrogens (tertiary/aromatic N) is 2. The van der Waals surface area contributed by atoms with Crippen molar-refractivity contribution in [1.29, 1.82) is 5.26 Å². The second-order valence-electron chi connectivity index (χ2n) is 8.61. The maximum Gasteiger partial charge on any atom is 0.309 e. The Morgan fingerprint density at radius 1 is 1.16 bits per heavy atom. The number of aromatic nitrogens is 1. The number of methoxy groups -OCH3 is 1. The number of esters is 1. The van der Waals surface area contributed by atoms with Crippen LogP contribution in [0, 0.1) is 17.2 Å². The summed E-state index contributed by atoms with van der Waals surface area (Å²) in [4.78, 5) is 15.4. The molecule has 5 nitrogen and oxygen atoms in total. The van der Waals surface area contributed by atoms with Crippen LogP contribution in [0.4, 0.5) is 0 Å². The first-order valence-corrected chi connectivity index (χ1v) is 15.1. The molecule has 0 radical (unpaired) electrons. The molecule has 3 aromatic heterocycles. The smallest absolute Gasteiger partial charge is 0.309 e. The first-order chi connectivity index (χ1) is 18.5. The van der Waals surface area contributed by atoms with Crippen LogP contribution in [0.15, 0.2) is 77.0 Å². The van der Waals surface area contributed by atoms with Crippen LogP contribution in [0.25, 0.3) is 32.6 Å². The Balaban J connectivity index is 1.75. The number of halogens is 1. The molecule has 9 heteroatoms. The molecule has 0 aliphatic heterocycles. The lowest BCUT2D eigenvalue weighted by molar-refractivity contribution is -0.145. The molecule has 0 bridgehead atoms. The van der Waals surface area contributed by atoms with Crippen LogP contribution in [0.1, 0.15) is 23.1 Å². The molecular weight excluding hydrogens is 556 g/mol. The summed E-state index contributed by atoms with van der Waals surface area (Å²) in [5.41, 5.74) is 3.26. The summed E-state index contributed by atoms with van der Waals surface area (Å²) in [6.07, 6.45) is 1.23. The first-order valence-electron chi connectivity index (χ1n) is 11.9. The number of hydrogen-bond donors (Lipinski definition) is 0. The highest BCUT2D eigenvalue weighted by Gasteiger charge is 2.30. The quantitative estimate of drug-likeness (QED) is 0.138. The highest BCUT2D eigenvalue weighted by Crippen LogP contribution is 2.46. The van der Waals surface area contributed by atoms with Crippen LogP contribution in [0.5, 0.6) is 0 Å². The largest absolute Gasteiger partial charge is 0.587 e. The van der Waals surface area contributed by atoms with Gasteiger partial charge in [-0.3, -0.25) is 4.79 Å². The van der Waals surface area contributed by atoms with Crippen molar-refractivity contribution in [1.82, 2.24) is 3.97 Å². The van der Waals surface area contributed by atoms with Crippen molar-refractivity contribution in [2.75, 3.05) is 7.11 Å². The summed E-state index contributed by atoms with van der Waals surface area (Å²) in [7, 11) is 1.41. The zero-order valence-corrected chi connectivity index (χ0v) is 23.8. The lowest BCUT2D eigenvalue weighted by atomic mass is 10.0. The highest BCUT2D eigenvalue weighted by atomic mass is 35.5. The van der Waals surface area contributed by atoms with Crippen molar-refractivity contribution >= 4 is 62.5 Å². The molecule has 2 atom stereocenters. The standard InChI is InChI=1S/C29H23ClN2O3S3/c1-3-18(29(33)35-2)16-20-10-13-25(37-20)28-27(23-14-15-36-26(23)17-31)22-6-4-5-7-24(22)32(28)38(34)21-11-8-19(30)9-12-21/h4-15,18H,3,16H2,1-2H3. The van der Waals surface area contributed by atoms with Crippen LogP contribution in [-0.2, 0) is 27.3 Å². The summed E-state index contributed by atoms with van der Waals surface area (Å²) < 4.78 is 21.0. The second-order valence-corrected chi connectivity index (χ2v) is 12.5. The van der Waals surface area contributed by atoms with E-state index in [1.807, 2.05) is 58.7 Å². The fourth-order valence-corrected chi connectivity index (χ4v) is 7.82. The molecule has 0 aliphatic rings. The molecule has 2 aromatic carbocycles. The van der Waals surface area contributed by atoms with Crippen molar-refractivity contribution in [3.8, 4) is 27.8 Å². The average molecular weight is 579 g/mol. The number of fused-ring (bicyclic) bond motifs is 1. The molecular formula is C29H23ClN2O3S3. The monoisotopic (exact) mass is 578 g/mol. The molecule has 0 amide bonds. The molecule has 0 saturated carbocycles. The number of nitriles is 1. The second kappa shape index (κ2) is 11.4. The van der Waals surface area contributed by atoms with E-state index in [0.717, 1.165) is 37.5 Å². The van der Waals surface area contributed by atoms with E-state index >= 15 is 0 Å². The predicted molar refractivity (Wildman–Crippen MR) is 156 cm³/mol. The highest BCUT2D eigenvalue weighted by molar-refractivity contribution is 7.90. The summed E-state index contributed by atoms with van der Waals surface area (Å²) in [6.45, 7) is 1.97. The summed E-state index contributed by atoms with van der Waals surface area (Å²) >= 11 is 7.47. The maximum atomic E-state index is 14.2. The molecule has 5 rings (SSSR count). The minimum atomic E-state index is -1.59. The van der Waals surface area contributed by atoms with Gasteiger partial charge in [0.05, 0.1) is 23.4 Å². The Hall–Kier alpha value is -3.06. The molecule has 0 saturated heterocycles. The van der Waals surface area contributed by atoms with Crippen LogP contribution in [0.2, 0.25) is 5.02 Å². The van der Waals surface area contributed by atoms with Crippen molar-refractivity contribution in [3.05, 3.63) is 86.9 Å². The number of benzene rings is 2. The van der Waals surface area contributed by atoms with E-state index in [9.17, 15) is 14.6 Å². The van der Waals surface area contributed by atoms with Gasteiger partial charge in [0.2, 0.25) is 0 Å². The van der Waals surface area contributed by atoms with E-state index in [0.29, 0.717) is 27.6 Å². The fourth-order valence-electron chi connectivity index (χ4n) is 4.55. The summed E-state index contributed by atoms with van der Waals surface area (Å²) in [5, 5.41) is 13.3. The van der Waals surface area contributed by atoms with E-state index in [1.54, 1.807) is 35.6 Å². The Kier molecular flexibility index (Phi) is 7.93. The van der Waals surface area contributed by atoms with E-state index in [-0.39, 0.29) is 11.9 Å². The van der Waals surface area contributed by atoms with Gasteiger partial charge >= 0.3 is 5.97 Å². The molecule has 5 aromatic rings. The molecule has 0 aliphatic carbocycles.